The number of nitrogens with two attached hydrogens (primary N) is 1. The third-order valence-corrected chi connectivity index (χ3v) is 5.86. The van der Waals surface area contributed by atoms with E-state index in [1.54, 1.807) is 11.3 Å². The first kappa shape index (κ1) is 14.2. The topological polar surface area (TPSA) is 42.2 Å². The molecule has 1 saturated heterocycles. The predicted octanol–water partition coefficient (Wildman–Crippen LogP) is 2.89. The van der Waals surface area contributed by atoms with E-state index in [4.69, 9.17) is 10.7 Å². The summed E-state index contributed by atoms with van der Waals surface area (Å²) in [5, 5.41) is 1.95. The maximum absolute atomic E-state index is 5.83. The van der Waals surface area contributed by atoms with E-state index in [9.17, 15) is 0 Å². The molecule has 2 rings (SSSR count). The van der Waals surface area contributed by atoms with Crippen LogP contribution in [0.4, 0.5) is 5.13 Å². The smallest absolute Gasteiger partial charge is 0.185 e. The molecule has 0 aromatic carbocycles. The van der Waals surface area contributed by atoms with Crippen molar-refractivity contribution in [3.05, 3.63) is 10.6 Å². The van der Waals surface area contributed by atoms with Gasteiger partial charge >= 0.3 is 0 Å². The van der Waals surface area contributed by atoms with Crippen LogP contribution >= 0.6 is 23.1 Å². The van der Waals surface area contributed by atoms with Gasteiger partial charge in [0.05, 0.1) is 5.69 Å². The Labute approximate surface area is 118 Å². The third kappa shape index (κ3) is 3.19. The van der Waals surface area contributed by atoms with Gasteiger partial charge in [-0.05, 0) is 12.8 Å². The lowest BCUT2D eigenvalue weighted by atomic mass is 10.2. The molecule has 2 N–H and O–H groups in total. The molecule has 0 radical (unpaired) electrons. The molecule has 0 spiro atoms. The molecule has 102 valence electrons. The Morgan fingerprint density at radius 2 is 2.28 bits per heavy atom. The van der Waals surface area contributed by atoms with Crippen molar-refractivity contribution in [2.24, 2.45) is 5.73 Å². The van der Waals surface area contributed by atoms with Crippen molar-refractivity contribution in [1.29, 1.82) is 0 Å². The molecule has 1 fully saturated rings. The summed E-state index contributed by atoms with van der Waals surface area (Å²) in [7, 11) is 0. The number of anilines is 1. The minimum atomic E-state index is 0.632. The first-order valence-corrected chi connectivity index (χ1v) is 8.70. The van der Waals surface area contributed by atoms with Crippen LogP contribution in [0.2, 0.25) is 0 Å². The molecule has 0 saturated carbocycles. The number of thioether (sulfide) groups is 1. The zero-order valence-corrected chi connectivity index (χ0v) is 12.9. The van der Waals surface area contributed by atoms with Gasteiger partial charge in [0.1, 0.15) is 0 Å². The van der Waals surface area contributed by atoms with Crippen molar-refractivity contribution in [2.45, 2.75) is 44.9 Å². The Morgan fingerprint density at radius 1 is 1.44 bits per heavy atom. The Bertz CT molecular complexity index is 378. The van der Waals surface area contributed by atoms with Gasteiger partial charge in [0.25, 0.3) is 0 Å². The average Bonchev–Trinajstić information content (AvgIpc) is 2.82. The van der Waals surface area contributed by atoms with Gasteiger partial charge in [0.15, 0.2) is 5.13 Å². The van der Waals surface area contributed by atoms with E-state index < -0.39 is 0 Å². The van der Waals surface area contributed by atoms with Crippen LogP contribution in [-0.4, -0.2) is 29.1 Å². The molecule has 1 aromatic heterocycles. The molecule has 2 heterocycles. The van der Waals surface area contributed by atoms with Crippen LogP contribution in [0.5, 0.6) is 0 Å². The van der Waals surface area contributed by atoms with Crippen molar-refractivity contribution in [3.8, 4) is 0 Å². The summed E-state index contributed by atoms with van der Waals surface area (Å²) in [5.74, 6) is 1.22. The number of aromatic nitrogens is 1. The lowest BCUT2D eigenvalue weighted by molar-refractivity contribution is 0.723. The molecular weight excluding hydrogens is 262 g/mol. The number of aryl methyl sites for hydroxylation is 1. The highest BCUT2D eigenvalue weighted by Gasteiger charge is 2.22. The SMILES string of the molecule is CCCc1nc(N2CCSC(CC)C2)sc1CN. The van der Waals surface area contributed by atoms with E-state index in [1.807, 2.05) is 0 Å². The van der Waals surface area contributed by atoms with E-state index in [0.29, 0.717) is 6.54 Å². The van der Waals surface area contributed by atoms with Crippen LogP contribution in [0, 0.1) is 0 Å². The third-order valence-electron chi connectivity index (χ3n) is 3.30. The molecule has 5 heteroatoms. The van der Waals surface area contributed by atoms with Crippen molar-refractivity contribution in [3.63, 3.8) is 0 Å². The van der Waals surface area contributed by atoms with Crippen LogP contribution in [-0.2, 0) is 13.0 Å². The molecule has 18 heavy (non-hydrogen) atoms. The maximum atomic E-state index is 5.83. The average molecular weight is 285 g/mol. The summed E-state index contributed by atoms with van der Waals surface area (Å²) in [6.07, 6.45) is 3.45. The summed E-state index contributed by atoms with van der Waals surface area (Å²) < 4.78 is 0. The monoisotopic (exact) mass is 285 g/mol. The standard InChI is InChI=1S/C13H23N3S2/c1-3-5-11-12(8-14)18-13(15-11)16-6-7-17-10(4-2)9-16/h10H,3-9,14H2,1-2H3. The van der Waals surface area contributed by atoms with Crippen LogP contribution in [0.3, 0.4) is 0 Å². The first-order chi connectivity index (χ1) is 8.78. The van der Waals surface area contributed by atoms with Gasteiger partial charge in [0, 0.05) is 35.5 Å². The summed E-state index contributed by atoms with van der Waals surface area (Å²) >= 11 is 3.90. The van der Waals surface area contributed by atoms with Gasteiger partial charge in [-0.15, -0.1) is 11.3 Å². The Balaban J connectivity index is 2.12. The Kier molecular flexibility index (Phi) is 5.33. The van der Waals surface area contributed by atoms with Crippen LogP contribution in [0.1, 0.15) is 37.3 Å². The fourth-order valence-electron chi connectivity index (χ4n) is 2.24. The summed E-state index contributed by atoms with van der Waals surface area (Å²) in [5.41, 5.74) is 7.05. The van der Waals surface area contributed by atoms with E-state index in [2.05, 4.69) is 30.5 Å². The van der Waals surface area contributed by atoms with E-state index >= 15 is 0 Å². The molecule has 3 nitrogen and oxygen atoms in total. The highest BCUT2D eigenvalue weighted by molar-refractivity contribution is 8.00. The molecule has 1 atom stereocenters. The molecule has 1 unspecified atom stereocenters. The number of hydrogen-bond acceptors (Lipinski definition) is 5. The molecule has 0 aliphatic carbocycles. The highest BCUT2D eigenvalue weighted by Crippen LogP contribution is 2.31. The summed E-state index contributed by atoms with van der Waals surface area (Å²) in [6.45, 7) is 7.38. The second-order valence-electron chi connectivity index (χ2n) is 4.67. The predicted molar refractivity (Wildman–Crippen MR) is 82.8 cm³/mol. The highest BCUT2D eigenvalue weighted by atomic mass is 32.2. The van der Waals surface area contributed by atoms with E-state index in [0.717, 1.165) is 31.2 Å². The largest absolute Gasteiger partial charge is 0.346 e. The van der Waals surface area contributed by atoms with E-state index in [1.165, 1.54) is 27.9 Å². The van der Waals surface area contributed by atoms with Gasteiger partial charge in [0.2, 0.25) is 0 Å². The summed E-state index contributed by atoms with van der Waals surface area (Å²) in [4.78, 5) is 8.55. The van der Waals surface area contributed by atoms with Gasteiger partial charge in [-0.2, -0.15) is 11.8 Å². The van der Waals surface area contributed by atoms with Crippen molar-refractivity contribution < 1.29 is 0 Å². The quantitative estimate of drug-likeness (QED) is 0.903. The van der Waals surface area contributed by atoms with Gasteiger partial charge < -0.3 is 10.6 Å². The van der Waals surface area contributed by atoms with Gasteiger partial charge in [-0.25, -0.2) is 4.98 Å². The van der Waals surface area contributed by atoms with E-state index in [-0.39, 0.29) is 0 Å². The lowest BCUT2D eigenvalue weighted by Crippen LogP contribution is -2.37. The number of rotatable bonds is 5. The zero-order chi connectivity index (χ0) is 13.0. The molecule has 0 amide bonds. The summed E-state index contributed by atoms with van der Waals surface area (Å²) in [6, 6.07) is 0. The second kappa shape index (κ2) is 6.78. The minimum Gasteiger partial charge on any atom is -0.346 e. The van der Waals surface area contributed by atoms with Crippen molar-refractivity contribution in [1.82, 2.24) is 4.98 Å². The Morgan fingerprint density at radius 3 is 2.94 bits per heavy atom. The van der Waals surface area contributed by atoms with Crippen LogP contribution < -0.4 is 10.6 Å². The first-order valence-electron chi connectivity index (χ1n) is 6.83. The fourth-order valence-corrected chi connectivity index (χ4v) is 4.44. The molecule has 1 aliphatic rings. The van der Waals surface area contributed by atoms with Crippen molar-refractivity contribution in [2.75, 3.05) is 23.7 Å². The molecule has 1 aromatic rings. The van der Waals surface area contributed by atoms with Crippen molar-refractivity contribution >= 4 is 28.2 Å². The lowest BCUT2D eigenvalue weighted by Gasteiger charge is -2.31. The Hall–Kier alpha value is -0.260. The van der Waals surface area contributed by atoms with Crippen LogP contribution in [0.25, 0.3) is 0 Å². The maximum Gasteiger partial charge on any atom is 0.185 e. The van der Waals surface area contributed by atoms with Gasteiger partial charge in [-0.1, -0.05) is 20.3 Å². The fraction of sp³-hybridized carbons (Fsp3) is 0.769. The van der Waals surface area contributed by atoms with Crippen LogP contribution in [0.15, 0.2) is 0 Å². The number of hydrogen-bond donors (Lipinski definition) is 1. The normalized spacial score (nSPS) is 20.4. The molecule has 1 aliphatic heterocycles. The zero-order valence-electron chi connectivity index (χ0n) is 11.3. The molecular formula is C13H23N3S2. The van der Waals surface area contributed by atoms with Gasteiger partial charge in [-0.3, -0.25) is 0 Å². The number of thiazole rings is 1. The molecule has 0 bridgehead atoms. The minimum absolute atomic E-state index is 0.632. The number of nitrogens with zero attached hydrogens (tertiary/aromatic N) is 2. The second-order valence-corrected chi connectivity index (χ2v) is 7.14.